The lowest BCUT2D eigenvalue weighted by Crippen LogP contribution is -2.33. The molecule has 0 aliphatic carbocycles. The summed E-state index contributed by atoms with van der Waals surface area (Å²) in [6, 6.07) is 9.77. The molecule has 0 bridgehead atoms. The van der Waals surface area contributed by atoms with Crippen LogP contribution in [0.4, 0.5) is 33.6 Å². The molecule has 0 saturated heterocycles. The van der Waals surface area contributed by atoms with E-state index in [9.17, 15) is 31.5 Å². The molecule has 3 aromatic heterocycles. The molecule has 1 aromatic carbocycles. The van der Waals surface area contributed by atoms with Crippen molar-refractivity contribution in [1.29, 1.82) is 0 Å². The number of carbonyl (C=O) groups is 2. The molecule has 1 aliphatic heterocycles. The minimum Gasteiger partial charge on any atom is -0.366 e. The number of benzene rings is 1. The third-order valence-electron chi connectivity index (χ3n) is 6.42. The van der Waals surface area contributed by atoms with Gasteiger partial charge in [-0.3, -0.25) is 9.59 Å². The first-order chi connectivity index (χ1) is 18.3. The molecule has 39 heavy (non-hydrogen) atoms. The van der Waals surface area contributed by atoms with Crippen molar-refractivity contribution in [3.05, 3.63) is 89.4 Å². The molecular formula is C27H18F5N5O2. The van der Waals surface area contributed by atoms with Crippen LogP contribution < -0.4 is 10.6 Å². The summed E-state index contributed by atoms with van der Waals surface area (Å²) < 4.78 is 69.7. The SMILES string of the molecule is CC1(C)C(=O)N(c2ccccn2)c2nccc(-c3cc(C(N)=O)c(C(F)(F)F)nc3-c3ccc(F)c(F)c3)c21. The summed E-state index contributed by atoms with van der Waals surface area (Å²) in [7, 11) is 0. The number of hydrogen-bond acceptors (Lipinski definition) is 5. The summed E-state index contributed by atoms with van der Waals surface area (Å²) in [5.41, 5.74) is 1.36. The van der Waals surface area contributed by atoms with Gasteiger partial charge in [0, 0.05) is 29.1 Å². The van der Waals surface area contributed by atoms with Gasteiger partial charge in [-0.2, -0.15) is 13.2 Å². The highest BCUT2D eigenvalue weighted by Crippen LogP contribution is 2.49. The maximum atomic E-state index is 14.2. The summed E-state index contributed by atoms with van der Waals surface area (Å²) in [6.45, 7) is 3.21. The van der Waals surface area contributed by atoms with Crippen LogP contribution in [0, 0.1) is 11.6 Å². The number of carbonyl (C=O) groups excluding carboxylic acids is 2. The molecule has 1 aliphatic rings. The van der Waals surface area contributed by atoms with E-state index in [-0.39, 0.29) is 28.3 Å². The highest BCUT2D eigenvalue weighted by molar-refractivity contribution is 6.13. The number of alkyl halides is 3. The van der Waals surface area contributed by atoms with E-state index in [1.54, 1.807) is 32.0 Å². The van der Waals surface area contributed by atoms with Gasteiger partial charge in [-0.25, -0.2) is 28.6 Å². The Balaban J connectivity index is 1.87. The molecule has 0 fully saturated rings. The smallest absolute Gasteiger partial charge is 0.366 e. The normalized spacial score (nSPS) is 14.4. The molecule has 0 atom stereocenters. The van der Waals surface area contributed by atoms with Gasteiger partial charge in [-0.1, -0.05) is 6.07 Å². The largest absolute Gasteiger partial charge is 0.434 e. The topological polar surface area (TPSA) is 102 Å². The number of aromatic nitrogens is 3. The minimum atomic E-state index is -5.10. The van der Waals surface area contributed by atoms with Crippen LogP contribution in [-0.4, -0.2) is 26.8 Å². The van der Waals surface area contributed by atoms with Gasteiger partial charge < -0.3 is 5.73 Å². The van der Waals surface area contributed by atoms with Crippen molar-refractivity contribution < 1.29 is 31.5 Å². The molecule has 198 valence electrons. The number of anilines is 2. The van der Waals surface area contributed by atoms with Crippen molar-refractivity contribution in [2.75, 3.05) is 4.90 Å². The number of halogens is 5. The number of nitrogens with zero attached hydrogens (tertiary/aromatic N) is 4. The van der Waals surface area contributed by atoms with Gasteiger partial charge in [0.2, 0.25) is 5.91 Å². The zero-order valence-corrected chi connectivity index (χ0v) is 20.3. The van der Waals surface area contributed by atoms with Crippen molar-refractivity contribution in [1.82, 2.24) is 15.0 Å². The van der Waals surface area contributed by atoms with Gasteiger partial charge in [0.05, 0.1) is 16.7 Å². The maximum Gasteiger partial charge on any atom is 0.434 e. The van der Waals surface area contributed by atoms with Crippen LogP contribution in [-0.2, 0) is 16.4 Å². The quantitative estimate of drug-likeness (QED) is 0.342. The Hall–Kier alpha value is -4.74. The average molecular weight is 539 g/mol. The lowest BCUT2D eigenvalue weighted by molar-refractivity contribution is -0.141. The predicted octanol–water partition coefficient (Wildman–Crippen LogP) is 5.56. The summed E-state index contributed by atoms with van der Waals surface area (Å²) >= 11 is 0. The van der Waals surface area contributed by atoms with E-state index in [1.165, 1.54) is 23.4 Å². The van der Waals surface area contributed by atoms with E-state index in [0.717, 1.165) is 18.2 Å². The molecule has 2 N–H and O–H groups in total. The predicted molar refractivity (Wildman–Crippen MR) is 131 cm³/mol. The van der Waals surface area contributed by atoms with Crippen molar-refractivity contribution >= 4 is 23.5 Å². The maximum absolute atomic E-state index is 14.2. The molecule has 12 heteroatoms. The van der Waals surface area contributed by atoms with Gasteiger partial charge in [-0.15, -0.1) is 0 Å². The third-order valence-corrected chi connectivity index (χ3v) is 6.42. The number of amides is 2. The van der Waals surface area contributed by atoms with E-state index in [1.807, 2.05) is 0 Å². The molecule has 0 spiro atoms. The molecule has 0 radical (unpaired) electrons. The van der Waals surface area contributed by atoms with E-state index in [4.69, 9.17) is 5.73 Å². The fourth-order valence-electron chi connectivity index (χ4n) is 4.63. The van der Waals surface area contributed by atoms with E-state index >= 15 is 0 Å². The van der Waals surface area contributed by atoms with Gasteiger partial charge in [0.25, 0.3) is 5.91 Å². The fourth-order valence-corrected chi connectivity index (χ4v) is 4.63. The second-order valence-electron chi connectivity index (χ2n) is 9.28. The van der Waals surface area contributed by atoms with Crippen LogP contribution in [0.5, 0.6) is 0 Å². The van der Waals surface area contributed by atoms with Gasteiger partial charge >= 0.3 is 6.18 Å². The van der Waals surface area contributed by atoms with Crippen LogP contribution in [0.3, 0.4) is 0 Å². The molecule has 0 saturated carbocycles. The zero-order chi connectivity index (χ0) is 28.3. The standard InChI is InChI=1S/C27H18F5N5O2/c1-26(2)20-14(8-10-35-24(20)37(25(26)39)19-5-3-4-9-34-19)15-12-16(23(33)38)22(27(30,31)32)36-21(15)13-6-7-17(28)18(29)11-13/h3-12H,1-2H3,(H2,33,38). The van der Waals surface area contributed by atoms with Crippen LogP contribution in [0.1, 0.15) is 35.5 Å². The first-order valence-corrected chi connectivity index (χ1v) is 11.4. The minimum absolute atomic E-state index is 0.0646. The van der Waals surface area contributed by atoms with Crippen LogP contribution >= 0.6 is 0 Å². The molecule has 0 unspecified atom stereocenters. The highest BCUT2D eigenvalue weighted by Gasteiger charge is 2.48. The van der Waals surface area contributed by atoms with Crippen LogP contribution in [0.25, 0.3) is 22.4 Å². The molecule has 7 nitrogen and oxygen atoms in total. The zero-order valence-electron chi connectivity index (χ0n) is 20.3. The van der Waals surface area contributed by atoms with E-state index in [2.05, 4.69) is 15.0 Å². The fraction of sp³-hybridized carbons (Fsp3) is 0.148. The number of primary amides is 1. The second-order valence-corrected chi connectivity index (χ2v) is 9.28. The molecule has 4 heterocycles. The summed E-state index contributed by atoms with van der Waals surface area (Å²) in [5, 5.41) is 0. The number of nitrogens with two attached hydrogens (primary N) is 1. The lowest BCUT2D eigenvalue weighted by Gasteiger charge is -2.22. The van der Waals surface area contributed by atoms with Gasteiger partial charge in [-0.05, 0) is 61.9 Å². The summed E-state index contributed by atoms with van der Waals surface area (Å²) in [6.07, 6.45) is -2.28. The van der Waals surface area contributed by atoms with E-state index in [0.29, 0.717) is 11.6 Å². The Morgan fingerprint density at radius 3 is 2.31 bits per heavy atom. The Morgan fingerprint density at radius 1 is 0.949 bits per heavy atom. The molecule has 4 aromatic rings. The van der Waals surface area contributed by atoms with E-state index < -0.39 is 52.0 Å². The molecular weight excluding hydrogens is 521 g/mol. The number of fused-ring (bicyclic) bond motifs is 1. The summed E-state index contributed by atoms with van der Waals surface area (Å²) in [5.74, 6) is -3.91. The van der Waals surface area contributed by atoms with Crippen molar-refractivity contribution in [2.45, 2.75) is 25.4 Å². The number of hydrogen-bond donors (Lipinski definition) is 1. The Bertz CT molecular complexity index is 1650. The molecule has 5 rings (SSSR count). The Kier molecular flexibility index (Phi) is 5.93. The van der Waals surface area contributed by atoms with Crippen LogP contribution in [0.2, 0.25) is 0 Å². The first-order valence-electron chi connectivity index (χ1n) is 11.4. The van der Waals surface area contributed by atoms with Crippen LogP contribution in [0.15, 0.2) is 60.9 Å². The Labute approximate surface area is 218 Å². The number of rotatable bonds is 4. The lowest BCUT2D eigenvalue weighted by atomic mass is 9.81. The number of pyridine rings is 3. The van der Waals surface area contributed by atoms with Crippen molar-refractivity contribution in [3.63, 3.8) is 0 Å². The van der Waals surface area contributed by atoms with Crippen molar-refractivity contribution in [3.8, 4) is 22.4 Å². The Morgan fingerprint density at radius 2 is 1.69 bits per heavy atom. The third kappa shape index (κ3) is 4.17. The molecule has 2 amide bonds. The monoisotopic (exact) mass is 539 g/mol. The van der Waals surface area contributed by atoms with Crippen molar-refractivity contribution in [2.24, 2.45) is 5.73 Å². The van der Waals surface area contributed by atoms with Gasteiger partial charge in [0.1, 0.15) is 11.6 Å². The summed E-state index contributed by atoms with van der Waals surface area (Å²) in [4.78, 5) is 39.3. The van der Waals surface area contributed by atoms with Gasteiger partial charge in [0.15, 0.2) is 17.3 Å². The highest BCUT2D eigenvalue weighted by atomic mass is 19.4. The second kappa shape index (κ2) is 8.93. The first kappa shape index (κ1) is 25.9. The average Bonchev–Trinajstić information content (AvgIpc) is 3.10.